The van der Waals surface area contributed by atoms with Gasteiger partial charge in [0.2, 0.25) is 0 Å². The van der Waals surface area contributed by atoms with Gasteiger partial charge < -0.3 is 15.2 Å². The van der Waals surface area contributed by atoms with E-state index >= 15 is 0 Å². The van der Waals surface area contributed by atoms with Gasteiger partial charge in [-0.1, -0.05) is 26.7 Å². The van der Waals surface area contributed by atoms with E-state index in [1.165, 1.54) is 0 Å². The highest BCUT2D eigenvalue weighted by Gasteiger charge is 2.09. The first-order valence-electron chi connectivity index (χ1n) is 5.92. The van der Waals surface area contributed by atoms with Crippen molar-refractivity contribution in [1.29, 1.82) is 0 Å². The minimum absolute atomic E-state index is 0.220. The van der Waals surface area contributed by atoms with Crippen LogP contribution in [-0.2, 0) is 19.1 Å². The first kappa shape index (κ1) is 15.5. The first-order valence-corrected chi connectivity index (χ1v) is 5.92. The maximum absolute atomic E-state index is 11.3. The van der Waals surface area contributed by atoms with Crippen molar-refractivity contribution in [3.8, 4) is 0 Å². The first-order chi connectivity index (χ1) is 8.11. The summed E-state index contributed by atoms with van der Waals surface area (Å²) in [5.41, 5.74) is 5.17. The Hall–Kier alpha value is -1.52. The number of hydrogen-bond acceptors (Lipinski definition) is 5. The third-order valence-corrected chi connectivity index (χ3v) is 1.98. The van der Waals surface area contributed by atoms with Crippen molar-refractivity contribution in [3.05, 3.63) is 11.8 Å². The summed E-state index contributed by atoms with van der Waals surface area (Å²) in [6.45, 7) is 4.63. The van der Waals surface area contributed by atoms with Crippen molar-refractivity contribution >= 4 is 11.9 Å². The Kier molecular flexibility index (Phi) is 8.82. The smallest absolute Gasteiger partial charge is 0.354 e. The van der Waals surface area contributed by atoms with Crippen LogP contribution in [0, 0.1) is 0 Å². The van der Waals surface area contributed by atoms with Gasteiger partial charge in [0.25, 0.3) is 0 Å². The predicted octanol–water partition coefficient (Wildman–Crippen LogP) is 1.52. The molecule has 0 aliphatic heterocycles. The molecule has 0 aromatic rings. The van der Waals surface area contributed by atoms with Gasteiger partial charge in [-0.05, 0) is 12.8 Å². The molecule has 0 bridgehead atoms. The maximum Gasteiger partial charge on any atom is 0.354 e. The lowest BCUT2D eigenvalue weighted by molar-refractivity contribution is -0.141. The van der Waals surface area contributed by atoms with Gasteiger partial charge in [0.15, 0.2) is 0 Å². The zero-order valence-electron chi connectivity index (χ0n) is 10.5. The Labute approximate surface area is 102 Å². The summed E-state index contributed by atoms with van der Waals surface area (Å²) >= 11 is 0. The summed E-state index contributed by atoms with van der Waals surface area (Å²) in [5.74, 6) is -1.28. The van der Waals surface area contributed by atoms with Crippen molar-refractivity contribution in [1.82, 2.24) is 0 Å². The van der Waals surface area contributed by atoms with E-state index in [0.29, 0.717) is 13.2 Å². The molecule has 0 radical (unpaired) electrons. The number of carbonyl (C=O) groups is 2. The second-order valence-electron chi connectivity index (χ2n) is 3.61. The van der Waals surface area contributed by atoms with Crippen LogP contribution >= 0.6 is 0 Å². The average Bonchev–Trinajstić information content (AvgIpc) is 2.29. The lowest BCUT2D eigenvalue weighted by Crippen LogP contribution is -2.17. The second-order valence-corrected chi connectivity index (χ2v) is 3.61. The van der Waals surface area contributed by atoms with E-state index in [0.717, 1.165) is 31.8 Å². The van der Waals surface area contributed by atoms with Crippen LogP contribution in [0.4, 0.5) is 0 Å². The molecule has 2 N–H and O–H groups in total. The molecule has 5 nitrogen and oxygen atoms in total. The summed E-state index contributed by atoms with van der Waals surface area (Å²) in [6.07, 6.45) is 4.39. The van der Waals surface area contributed by atoms with Crippen LogP contribution in [0.1, 0.15) is 39.5 Å². The lowest BCUT2D eigenvalue weighted by atomic mass is 10.3. The third-order valence-electron chi connectivity index (χ3n) is 1.98. The number of esters is 2. The molecular weight excluding hydrogens is 222 g/mol. The van der Waals surface area contributed by atoms with Crippen LogP contribution in [0.5, 0.6) is 0 Å². The fraction of sp³-hybridized carbons (Fsp3) is 0.667. The maximum atomic E-state index is 11.3. The number of ether oxygens (including phenoxy) is 2. The van der Waals surface area contributed by atoms with Gasteiger partial charge in [-0.3, -0.25) is 0 Å². The van der Waals surface area contributed by atoms with Crippen molar-refractivity contribution < 1.29 is 19.1 Å². The predicted molar refractivity (Wildman–Crippen MR) is 64.0 cm³/mol. The van der Waals surface area contributed by atoms with Gasteiger partial charge in [0.05, 0.1) is 19.3 Å². The van der Waals surface area contributed by atoms with Crippen molar-refractivity contribution in [2.24, 2.45) is 5.73 Å². The Morgan fingerprint density at radius 1 is 1.06 bits per heavy atom. The molecule has 0 atom stereocenters. The largest absolute Gasteiger partial charge is 0.462 e. The van der Waals surface area contributed by atoms with Gasteiger partial charge in [0, 0.05) is 0 Å². The van der Waals surface area contributed by atoms with E-state index in [9.17, 15) is 9.59 Å². The summed E-state index contributed by atoms with van der Waals surface area (Å²) < 4.78 is 9.66. The van der Waals surface area contributed by atoms with E-state index in [1.54, 1.807) is 0 Å². The molecule has 0 rings (SSSR count). The normalized spacial score (nSPS) is 11.1. The molecule has 98 valence electrons. The SMILES string of the molecule is CCCCOC(=O)/C=C(\N)C(=O)OCCCC. The van der Waals surface area contributed by atoms with Crippen LogP contribution in [0.15, 0.2) is 11.8 Å². The van der Waals surface area contributed by atoms with Gasteiger partial charge in [-0.2, -0.15) is 0 Å². The van der Waals surface area contributed by atoms with Gasteiger partial charge in [-0.25, -0.2) is 9.59 Å². The highest BCUT2D eigenvalue weighted by Crippen LogP contribution is 1.96. The molecule has 0 saturated carbocycles. The summed E-state index contributed by atoms with van der Waals surface area (Å²) in [7, 11) is 0. The molecule has 0 aromatic carbocycles. The monoisotopic (exact) mass is 243 g/mol. The van der Waals surface area contributed by atoms with Crippen LogP contribution in [0.3, 0.4) is 0 Å². The van der Waals surface area contributed by atoms with Crippen LogP contribution in [0.25, 0.3) is 0 Å². The Bertz CT molecular complexity index is 274. The van der Waals surface area contributed by atoms with Gasteiger partial charge >= 0.3 is 11.9 Å². The zero-order valence-corrected chi connectivity index (χ0v) is 10.5. The number of rotatable bonds is 8. The highest BCUT2D eigenvalue weighted by atomic mass is 16.5. The van der Waals surface area contributed by atoms with E-state index < -0.39 is 11.9 Å². The lowest BCUT2D eigenvalue weighted by Gasteiger charge is -2.04. The summed E-state index contributed by atoms with van der Waals surface area (Å²) in [6, 6.07) is 0. The molecule has 0 unspecified atom stereocenters. The van der Waals surface area contributed by atoms with Crippen molar-refractivity contribution in [2.45, 2.75) is 39.5 Å². The average molecular weight is 243 g/mol. The molecule has 0 aromatic heterocycles. The molecule has 0 amide bonds. The number of hydrogen-bond donors (Lipinski definition) is 1. The van der Waals surface area contributed by atoms with Crippen molar-refractivity contribution in [2.75, 3.05) is 13.2 Å². The molecule has 17 heavy (non-hydrogen) atoms. The van der Waals surface area contributed by atoms with Crippen LogP contribution in [0.2, 0.25) is 0 Å². The molecule has 0 saturated heterocycles. The fourth-order valence-electron chi connectivity index (χ4n) is 0.937. The Morgan fingerprint density at radius 2 is 1.59 bits per heavy atom. The summed E-state index contributed by atoms with van der Waals surface area (Å²) in [5, 5.41) is 0. The molecule has 0 fully saturated rings. The van der Waals surface area contributed by atoms with E-state index in [-0.39, 0.29) is 5.70 Å². The van der Waals surface area contributed by atoms with E-state index in [2.05, 4.69) is 0 Å². The standard InChI is InChI=1S/C12H21NO4/c1-3-5-7-16-11(14)9-10(13)12(15)17-8-6-4-2/h9H,3-8,13H2,1-2H3/b10-9-. The highest BCUT2D eigenvalue weighted by molar-refractivity contribution is 5.95. The quantitative estimate of drug-likeness (QED) is 0.397. The molecule has 5 heteroatoms. The zero-order chi connectivity index (χ0) is 13.1. The van der Waals surface area contributed by atoms with Crippen molar-refractivity contribution in [3.63, 3.8) is 0 Å². The Balaban J connectivity index is 3.96. The third kappa shape index (κ3) is 8.30. The minimum atomic E-state index is -0.675. The van der Waals surface area contributed by atoms with Gasteiger partial charge in [0.1, 0.15) is 5.70 Å². The molecular formula is C12H21NO4. The van der Waals surface area contributed by atoms with E-state index in [4.69, 9.17) is 15.2 Å². The minimum Gasteiger partial charge on any atom is -0.462 e. The van der Waals surface area contributed by atoms with Gasteiger partial charge in [-0.15, -0.1) is 0 Å². The Morgan fingerprint density at radius 3 is 2.12 bits per heavy atom. The number of unbranched alkanes of at least 4 members (excludes halogenated alkanes) is 2. The molecule has 0 spiro atoms. The second kappa shape index (κ2) is 9.69. The van der Waals surface area contributed by atoms with Crippen LogP contribution < -0.4 is 5.73 Å². The van der Waals surface area contributed by atoms with E-state index in [1.807, 2.05) is 13.8 Å². The molecule has 0 aliphatic carbocycles. The van der Waals surface area contributed by atoms with Crippen LogP contribution in [-0.4, -0.2) is 25.2 Å². The number of carbonyl (C=O) groups excluding carboxylic acids is 2. The summed E-state index contributed by atoms with van der Waals surface area (Å²) in [4.78, 5) is 22.4. The number of nitrogens with two attached hydrogens (primary N) is 1. The molecule has 0 heterocycles. The fourth-order valence-corrected chi connectivity index (χ4v) is 0.937. The topological polar surface area (TPSA) is 78.6 Å². The molecule has 0 aliphatic rings.